The van der Waals surface area contributed by atoms with E-state index < -0.39 is 78.1 Å². The van der Waals surface area contributed by atoms with Gasteiger partial charge in [0.1, 0.15) is 10.6 Å². The van der Waals surface area contributed by atoms with E-state index in [0.717, 1.165) is 24.3 Å². The summed E-state index contributed by atoms with van der Waals surface area (Å²) in [5, 5.41) is 9.72. The molecule has 1 amide bonds. The molecule has 1 atom stereocenters. The number of carboxylic acid groups (broad SMARTS) is 1. The zero-order valence-electron chi connectivity index (χ0n) is 22.2. The van der Waals surface area contributed by atoms with Gasteiger partial charge in [0.25, 0.3) is 0 Å². The van der Waals surface area contributed by atoms with Gasteiger partial charge < -0.3 is 10.0 Å². The molecular formula is C28H25F8NO5S. The van der Waals surface area contributed by atoms with E-state index in [-0.39, 0.29) is 62.8 Å². The number of aliphatic carboxylic acids is 1. The maximum absolute atomic E-state index is 14.7. The van der Waals surface area contributed by atoms with Gasteiger partial charge in [0.15, 0.2) is 9.84 Å². The molecule has 0 spiro atoms. The van der Waals surface area contributed by atoms with Gasteiger partial charge in [-0.2, -0.15) is 26.3 Å². The summed E-state index contributed by atoms with van der Waals surface area (Å²) in [4.78, 5) is 26.5. The van der Waals surface area contributed by atoms with E-state index in [1.165, 1.54) is 4.90 Å². The zero-order valence-corrected chi connectivity index (χ0v) is 23.1. The average molecular weight is 640 g/mol. The third-order valence-electron chi connectivity index (χ3n) is 9.50. The van der Waals surface area contributed by atoms with Crippen LogP contribution in [0.3, 0.4) is 0 Å². The van der Waals surface area contributed by atoms with Crippen molar-refractivity contribution in [3.63, 3.8) is 0 Å². The van der Waals surface area contributed by atoms with Crippen LogP contribution in [0.15, 0.2) is 53.4 Å². The second-order valence-electron chi connectivity index (χ2n) is 11.7. The number of rotatable bonds is 6. The number of halogens is 8. The Balaban J connectivity index is 1.57. The number of hydrogen-bond donors (Lipinski definition) is 1. The van der Waals surface area contributed by atoms with Crippen molar-refractivity contribution in [2.24, 2.45) is 10.8 Å². The van der Waals surface area contributed by atoms with Crippen molar-refractivity contribution >= 4 is 21.7 Å². The molecule has 6 nitrogen and oxygen atoms in total. The highest BCUT2D eigenvalue weighted by Crippen LogP contribution is 2.63. The van der Waals surface area contributed by atoms with Gasteiger partial charge in [0.05, 0.1) is 15.7 Å². The van der Waals surface area contributed by atoms with E-state index >= 15 is 0 Å². The predicted octanol–water partition coefficient (Wildman–Crippen LogP) is 6.05. The number of carbonyl (C=O) groups is 2. The first-order chi connectivity index (χ1) is 19.7. The Morgan fingerprint density at radius 3 is 1.74 bits per heavy atom. The van der Waals surface area contributed by atoms with Crippen molar-refractivity contribution in [3.05, 3.63) is 65.5 Å². The molecule has 1 heterocycles. The SMILES string of the molecule is O=C(O)C12CCC(C(=O)N3CCC(c4ccc(C(F)(C(F)(F)F)C(F)(F)F)cc4)(S(=O)(=O)c4ccc(F)cc4)C3)(CC1)C2. The first-order valence-corrected chi connectivity index (χ1v) is 14.7. The third kappa shape index (κ3) is 4.43. The maximum atomic E-state index is 14.7. The number of nitrogens with zero attached hydrogens (tertiary/aromatic N) is 1. The van der Waals surface area contributed by atoms with Gasteiger partial charge >= 0.3 is 24.0 Å². The third-order valence-corrected chi connectivity index (χ3v) is 12.0. The number of sulfone groups is 1. The topological polar surface area (TPSA) is 91.8 Å². The Morgan fingerprint density at radius 1 is 0.767 bits per heavy atom. The fraction of sp³-hybridized carbons (Fsp3) is 0.500. The molecule has 5 rings (SSSR count). The van der Waals surface area contributed by atoms with Crippen LogP contribution in [0.25, 0.3) is 0 Å². The Morgan fingerprint density at radius 2 is 1.28 bits per heavy atom. The summed E-state index contributed by atoms with van der Waals surface area (Å²) in [7, 11) is -4.60. The number of carbonyl (C=O) groups excluding carboxylic acids is 1. The fourth-order valence-electron chi connectivity index (χ4n) is 7.02. The lowest BCUT2D eigenvalue weighted by Gasteiger charge is -2.34. The van der Waals surface area contributed by atoms with Crippen molar-refractivity contribution in [2.45, 2.75) is 66.2 Å². The van der Waals surface area contributed by atoms with Crippen LogP contribution in [0.4, 0.5) is 35.1 Å². The molecule has 0 aromatic heterocycles. The second-order valence-corrected chi connectivity index (χ2v) is 14.0. The summed E-state index contributed by atoms with van der Waals surface area (Å²) >= 11 is 0. The summed E-state index contributed by atoms with van der Waals surface area (Å²) < 4.78 is 134. The fourth-order valence-corrected chi connectivity index (χ4v) is 9.10. The molecule has 2 aromatic rings. The van der Waals surface area contributed by atoms with Gasteiger partial charge in [-0.25, -0.2) is 17.2 Å². The molecule has 1 unspecified atom stereocenters. The van der Waals surface area contributed by atoms with E-state index in [1.807, 2.05) is 0 Å². The lowest BCUT2D eigenvalue weighted by Crippen LogP contribution is -2.50. The molecule has 15 heteroatoms. The molecule has 1 aliphatic heterocycles. The van der Waals surface area contributed by atoms with Crippen LogP contribution in [-0.4, -0.2) is 55.7 Å². The Bertz CT molecular complexity index is 1530. The van der Waals surface area contributed by atoms with Crippen LogP contribution in [-0.2, 0) is 29.8 Å². The minimum Gasteiger partial charge on any atom is -0.481 e. The quantitative estimate of drug-likeness (QED) is 0.307. The summed E-state index contributed by atoms with van der Waals surface area (Å²) in [5.41, 5.74) is -9.96. The molecular weight excluding hydrogens is 614 g/mol. The van der Waals surface area contributed by atoms with Crippen LogP contribution in [0, 0.1) is 16.6 Å². The van der Waals surface area contributed by atoms with E-state index in [1.54, 1.807) is 0 Å². The van der Waals surface area contributed by atoms with Gasteiger partial charge in [0.2, 0.25) is 5.91 Å². The largest absolute Gasteiger partial charge is 0.481 e. The van der Waals surface area contributed by atoms with Gasteiger partial charge in [-0.1, -0.05) is 24.3 Å². The Kier molecular flexibility index (Phi) is 6.99. The van der Waals surface area contributed by atoms with Crippen LogP contribution in [0.5, 0.6) is 0 Å². The van der Waals surface area contributed by atoms with Crippen molar-refractivity contribution < 1.29 is 58.2 Å². The van der Waals surface area contributed by atoms with Gasteiger partial charge in [-0.15, -0.1) is 0 Å². The summed E-state index contributed by atoms with van der Waals surface area (Å²) in [6.45, 7) is -0.743. The highest BCUT2D eigenvalue weighted by Gasteiger charge is 2.73. The van der Waals surface area contributed by atoms with E-state index in [2.05, 4.69) is 0 Å². The van der Waals surface area contributed by atoms with E-state index in [4.69, 9.17) is 0 Å². The first-order valence-electron chi connectivity index (χ1n) is 13.2. The van der Waals surface area contributed by atoms with Crippen molar-refractivity contribution in [1.82, 2.24) is 4.90 Å². The number of amides is 1. The minimum absolute atomic E-state index is 0.0601. The monoisotopic (exact) mass is 639 g/mol. The molecule has 1 saturated heterocycles. The Labute approximate surface area is 240 Å². The number of fused-ring (bicyclic) bond motifs is 2. The zero-order chi connectivity index (χ0) is 31.9. The summed E-state index contributed by atoms with van der Waals surface area (Å²) in [6.07, 6.45) is -12.0. The molecule has 3 aliphatic rings. The summed E-state index contributed by atoms with van der Waals surface area (Å²) in [6, 6.07) is 5.36. The molecule has 234 valence electrons. The molecule has 43 heavy (non-hydrogen) atoms. The van der Waals surface area contributed by atoms with E-state index in [0.29, 0.717) is 12.1 Å². The van der Waals surface area contributed by atoms with Crippen LogP contribution >= 0.6 is 0 Å². The van der Waals surface area contributed by atoms with E-state index in [9.17, 15) is 58.2 Å². The lowest BCUT2D eigenvalue weighted by atomic mass is 9.81. The molecule has 2 aromatic carbocycles. The highest BCUT2D eigenvalue weighted by atomic mass is 32.2. The molecule has 2 bridgehead atoms. The second kappa shape index (κ2) is 9.63. The highest BCUT2D eigenvalue weighted by molar-refractivity contribution is 7.92. The molecule has 2 aliphatic carbocycles. The molecule has 3 fully saturated rings. The lowest BCUT2D eigenvalue weighted by molar-refractivity contribution is -0.348. The normalized spacial score (nSPS) is 28.0. The molecule has 1 N–H and O–H groups in total. The van der Waals surface area contributed by atoms with Gasteiger partial charge in [-0.3, -0.25) is 9.59 Å². The van der Waals surface area contributed by atoms with Crippen LogP contribution in [0.1, 0.15) is 49.7 Å². The van der Waals surface area contributed by atoms with Crippen molar-refractivity contribution in [3.8, 4) is 0 Å². The number of likely N-dealkylation sites (tertiary alicyclic amines) is 1. The number of hydrogen-bond acceptors (Lipinski definition) is 4. The van der Waals surface area contributed by atoms with Gasteiger partial charge in [-0.05, 0) is 68.4 Å². The first kappa shape index (κ1) is 31.2. The molecule has 0 radical (unpaired) electrons. The van der Waals surface area contributed by atoms with Crippen LogP contribution in [0.2, 0.25) is 0 Å². The summed E-state index contributed by atoms with van der Waals surface area (Å²) in [5.74, 6) is -2.29. The molecule has 2 saturated carbocycles. The standard InChI is InChI=1S/C28H25F8NO5S/c29-19-5-7-20(8-6-19)43(41,42)25(17-1-3-18(4-2-17)26(30,27(31,32)33)28(34,35)36)13-14-37(16-25)21(38)23-9-11-24(15-23,12-10-23)22(39)40/h1-8H,9-16H2,(H,39,40). The number of carboxylic acids is 1. The number of alkyl halides is 7. The minimum atomic E-state index is -6.38. The predicted molar refractivity (Wildman–Crippen MR) is 133 cm³/mol. The van der Waals surface area contributed by atoms with Crippen molar-refractivity contribution in [1.29, 1.82) is 0 Å². The van der Waals surface area contributed by atoms with Gasteiger partial charge in [0, 0.05) is 18.7 Å². The number of benzene rings is 2. The van der Waals surface area contributed by atoms with Crippen LogP contribution < -0.4 is 0 Å². The smallest absolute Gasteiger partial charge is 0.435 e. The van der Waals surface area contributed by atoms with Crippen molar-refractivity contribution in [2.75, 3.05) is 13.1 Å². The Hall–Kier alpha value is -3.23. The maximum Gasteiger partial charge on any atom is 0.435 e. The average Bonchev–Trinajstić information content (AvgIpc) is 3.66.